The number of nitrogens with one attached hydrogen (secondary N) is 1. The van der Waals surface area contributed by atoms with Gasteiger partial charge in [0, 0.05) is 30.5 Å². The van der Waals surface area contributed by atoms with Crippen molar-refractivity contribution in [3.05, 3.63) is 64.5 Å². The monoisotopic (exact) mass is 453 g/mol. The Morgan fingerprint density at radius 2 is 1.75 bits per heavy atom. The van der Waals surface area contributed by atoms with Crippen molar-refractivity contribution in [3.63, 3.8) is 0 Å². The van der Waals surface area contributed by atoms with Gasteiger partial charge >= 0.3 is 0 Å². The minimum Gasteiger partial charge on any atom is -0.383 e. The summed E-state index contributed by atoms with van der Waals surface area (Å²) in [6.45, 7) is 2.35. The third-order valence-corrected chi connectivity index (χ3v) is 7.53. The van der Waals surface area contributed by atoms with Crippen molar-refractivity contribution in [2.24, 2.45) is 0 Å². The number of aliphatic hydroxyl groups is 1. The minimum absolute atomic E-state index is 0.516. The first-order chi connectivity index (χ1) is 15.5. The van der Waals surface area contributed by atoms with Gasteiger partial charge in [-0.25, -0.2) is 4.68 Å². The Hall–Kier alpha value is -1.96. The number of halogens is 1. The van der Waals surface area contributed by atoms with Gasteiger partial charge in [0.05, 0.1) is 30.3 Å². The Bertz CT molecular complexity index is 1070. The summed E-state index contributed by atoms with van der Waals surface area (Å²) in [5.74, 6) is -0.516. The van der Waals surface area contributed by atoms with Gasteiger partial charge in [-0.3, -0.25) is 0 Å². The van der Waals surface area contributed by atoms with E-state index in [0.29, 0.717) is 50.0 Å². The van der Waals surface area contributed by atoms with Crippen LogP contribution in [0.1, 0.15) is 49.9 Å². The first-order valence-corrected chi connectivity index (χ1v) is 11.9. The Balaban J connectivity index is 1.35. The normalized spacial score (nSPS) is 26.1. The van der Waals surface area contributed by atoms with Crippen LogP contribution in [0.25, 0.3) is 11.3 Å². The highest BCUT2D eigenvalue weighted by Gasteiger charge is 2.47. The van der Waals surface area contributed by atoms with Crippen LogP contribution in [0.2, 0.25) is 5.02 Å². The number of benzene rings is 1. The van der Waals surface area contributed by atoms with Gasteiger partial charge in [-0.05, 0) is 61.6 Å². The van der Waals surface area contributed by atoms with Crippen LogP contribution >= 0.6 is 11.6 Å². The highest BCUT2D eigenvalue weighted by atomic mass is 35.5. The van der Waals surface area contributed by atoms with Crippen LogP contribution in [0.3, 0.4) is 0 Å². The van der Waals surface area contributed by atoms with E-state index in [4.69, 9.17) is 26.2 Å². The molecule has 4 aliphatic rings. The lowest BCUT2D eigenvalue weighted by atomic mass is 9.79. The molecule has 1 aromatic carbocycles. The van der Waals surface area contributed by atoms with Gasteiger partial charge in [-0.1, -0.05) is 29.3 Å². The smallest absolute Gasteiger partial charge is 0.168 e. The predicted octanol–water partition coefficient (Wildman–Crippen LogP) is 4.11. The first-order valence-electron chi connectivity index (χ1n) is 11.5. The molecule has 2 aliphatic heterocycles. The van der Waals surface area contributed by atoms with Crippen molar-refractivity contribution in [1.82, 2.24) is 15.1 Å². The maximum atomic E-state index is 11.6. The van der Waals surface area contributed by atoms with E-state index in [2.05, 4.69) is 23.5 Å². The van der Waals surface area contributed by atoms with Crippen LogP contribution in [0.15, 0.2) is 48.1 Å². The van der Waals surface area contributed by atoms with Gasteiger partial charge in [0.25, 0.3) is 0 Å². The maximum absolute atomic E-state index is 11.6. The first kappa shape index (κ1) is 20.6. The molecular formula is C25H28ClN3O3. The standard InChI is InChI=1S/C25H28ClN3O3/c26-19-5-7-20(8-6-19)29-22(18-3-1-17(2-4-18)21-16-27-21)15-23(28-29)24(30)9-11-25(12-10-24)31-13-14-32-25/h1,3,5-8,15,21,27,30H,2,4,9-14,16H2. The third kappa shape index (κ3) is 3.74. The SMILES string of the molecule is OC1(c2cc(C3=CC=C(C4CN4)CC3)n(-c3ccc(Cl)cc3)n2)CCC2(CC1)OCCO2. The minimum atomic E-state index is -0.985. The van der Waals surface area contributed by atoms with Crippen molar-refractivity contribution in [2.45, 2.75) is 56.0 Å². The third-order valence-electron chi connectivity index (χ3n) is 7.28. The molecule has 2 aromatic rings. The molecule has 0 amide bonds. The molecule has 6 nitrogen and oxygen atoms in total. The van der Waals surface area contributed by atoms with Crippen LogP contribution in [-0.4, -0.2) is 46.5 Å². The fourth-order valence-electron chi connectivity index (χ4n) is 5.18. The Morgan fingerprint density at radius 1 is 1.03 bits per heavy atom. The zero-order valence-electron chi connectivity index (χ0n) is 18.0. The number of allylic oxidation sites excluding steroid dienone is 3. The zero-order chi connectivity index (χ0) is 21.8. The molecule has 2 saturated heterocycles. The van der Waals surface area contributed by atoms with Crippen LogP contribution in [0.5, 0.6) is 0 Å². The molecule has 2 N–H and O–H groups in total. The molecule has 0 radical (unpaired) electrons. The number of hydrogen-bond donors (Lipinski definition) is 2. The molecular weight excluding hydrogens is 426 g/mol. The highest BCUT2D eigenvalue weighted by Crippen LogP contribution is 2.45. The average Bonchev–Trinajstić information content (AvgIpc) is 3.40. The van der Waals surface area contributed by atoms with Crippen molar-refractivity contribution in [3.8, 4) is 5.69 Å². The van der Waals surface area contributed by atoms with E-state index in [1.807, 2.05) is 28.9 Å². The van der Waals surface area contributed by atoms with Crippen molar-refractivity contribution in [2.75, 3.05) is 19.8 Å². The summed E-state index contributed by atoms with van der Waals surface area (Å²) in [6, 6.07) is 10.3. The summed E-state index contributed by atoms with van der Waals surface area (Å²) in [6.07, 6.45) is 8.97. The van der Waals surface area contributed by atoms with Gasteiger partial charge in [0.1, 0.15) is 5.60 Å². The fourth-order valence-corrected chi connectivity index (χ4v) is 5.31. The Morgan fingerprint density at radius 3 is 2.38 bits per heavy atom. The van der Waals surface area contributed by atoms with Gasteiger partial charge in [-0.2, -0.15) is 5.10 Å². The highest BCUT2D eigenvalue weighted by molar-refractivity contribution is 6.30. The second-order valence-corrected chi connectivity index (χ2v) is 9.77. The molecule has 6 rings (SSSR count). The molecule has 3 heterocycles. The van der Waals surface area contributed by atoms with E-state index < -0.39 is 11.4 Å². The number of nitrogens with zero attached hydrogens (tertiary/aromatic N) is 2. The van der Waals surface area contributed by atoms with E-state index >= 15 is 0 Å². The molecule has 1 spiro atoms. The zero-order valence-corrected chi connectivity index (χ0v) is 18.8. The van der Waals surface area contributed by atoms with Crippen molar-refractivity contribution < 1.29 is 14.6 Å². The molecule has 1 atom stereocenters. The molecule has 3 fully saturated rings. The topological polar surface area (TPSA) is 78.5 Å². The van der Waals surface area contributed by atoms with E-state index in [1.54, 1.807) is 0 Å². The van der Waals surface area contributed by atoms with Gasteiger partial charge in [0.2, 0.25) is 0 Å². The predicted molar refractivity (Wildman–Crippen MR) is 123 cm³/mol. The van der Waals surface area contributed by atoms with Crippen molar-refractivity contribution >= 4 is 17.2 Å². The van der Waals surface area contributed by atoms with Gasteiger partial charge < -0.3 is 19.9 Å². The summed E-state index contributed by atoms with van der Waals surface area (Å²) in [5.41, 5.74) is 4.41. The van der Waals surface area contributed by atoms with E-state index in [9.17, 15) is 5.11 Å². The van der Waals surface area contributed by atoms with E-state index in [0.717, 1.165) is 36.5 Å². The molecule has 168 valence electrons. The van der Waals surface area contributed by atoms with E-state index in [1.165, 1.54) is 11.1 Å². The summed E-state index contributed by atoms with van der Waals surface area (Å²) < 4.78 is 13.7. The summed E-state index contributed by atoms with van der Waals surface area (Å²) in [5, 5.41) is 20.6. The largest absolute Gasteiger partial charge is 0.383 e. The molecule has 7 heteroatoms. The van der Waals surface area contributed by atoms with Crippen LogP contribution in [0.4, 0.5) is 0 Å². The van der Waals surface area contributed by atoms with E-state index in [-0.39, 0.29) is 0 Å². The molecule has 2 aliphatic carbocycles. The average molecular weight is 454 g/mol. The van der Waals surface area contributed by atoms with Crippen molar-refractivity contribution in [1.29, 1.82) is 0 Å². The van der Waals surface area contributed by atoms with Crippen LogP contribution in [0, 0.1) is 0 Å². The number of aromatic nitrogens is 2. The Kier molecular flexibility index (Phi) is 5.04. The second kappa shape index (κ2) is 7.82. The van der Waals surface area contributed by atoms with Gasteiger partial charge in [0.15, 0.2) is 5.79 Å². The summed E-state index contributed by atoms with van der Waals surface area (Å²) in [7, 11) is 0. The summed E-state index contributed by atoms with van der Waals surface area (Å²) >= 11 is 6.13. The second-order valence-electron chi connectivity index (χ2n) is 9.34. The Labute approximate surface area is 192 Å². The molecule has 1 aromatic heterocycles. The molecule has 32 heavy (non-hydrogen) atoms. The number of rotatable bonds is 4. The summed E-state index contributed by atoms with van der Waals surface area (Å²) in [4.78, 5) is 0. The number of ether oxygens (including phenoxy) is 2. The van der Waals surface area contributed by atoms with Crippen LogP contribution in [-0.2, 0) is 15.1 Å². The lowest BCUT2D eigenvalue weighted by Gasteiger charge is -2.39. The van der Waals surface area contributed by atoms with Gasteiger partial charge in [-0.15, -0.1) is 0 Å². The quantitative estimate of drug-likeness (QED) is 0.681. The fraction of sp³-hybridized carbons (Fsp3) is 0.480. The van der Waals surface area contributed by atoms with Crippen LogP contribution < -0.4 is 5.32 Å². The lowest BCUT2D eigenvalue weighted by Crippen LogP contribution is -2.42. The lowest BCUT2D eigenvalue weighted by molar-refractivity contribution is -0.204. The molecule has 1 saturated carbocycles. The molecule has 0 bridgehead atoms. The molecule has 1 unspecified atom stereocenters. The maximum Gasteiger partial charge on any atom is 0.168 e. The number of hydrogen-bond acceptors (Lipinski definition) is 5.